The maximum absolute atomic E-state index is 11.7. The zero-order valence-corrected chi connectivity index (χ0v) is 10.9. The lowest BCUT2D eigenvalue weighted by Gasteiger charge is -2.11. The van der Waals surface area contributed by atoms with E-state index in [1.165, 1.54) is 0 Å². The first-order valence-electron chi connectivity index (χ1n) is 5.53. The van der Waals surface area contributed by atoms with E-state index in [1.54, 1.807) is 38.2 Å². The second-order valence-electron chi connectivity index (χ2n) is 4.14. The van der Waals surface area contributed by atoms with Crippen molar-refractivity contribution in [3.8, 4) is 5.75 Å². The Kier molecular flexibility index (Phi) is 3.49. The summed E-state index contributed by atoms with van der Waals surface area (Å²) in [4.78, 5) is 4.13. The first-order chi connectivity index (χ1) is 8.48. The number of hydrogen-bond acceptors (Lipinski definition) is 4. The molecule has 0 radical (unpaired) electrons. The first kappa shape index (κ1) is 12.8. The van der Waals surface area contributed by atoms with E-state index in [0.717, 1.165) is 5.39 Å². The SMILES string of the molecule is CC(C)NS(=O)(=O)Oc1cccc2cccnc12. The predicted molar refractivity (Wildman–Crippen MR) is 69.6 cm³/mol. The Morgan fingerprint density at radius 2 is 1.94 bits per heavy atom. The molecular formula is C12H14N2O3S. The van der Waals surface area contributed by atoms with Crippen LogP contribution in [0.2, 0.25) is 0 Å². The van der Waals surface area contributed by atoms with Gasteiger partial charge in [-0.25, -0.2) is 0 Å². The molecule has 0 fully saturated rings. The van der Waals surface area contributed by atoms with Gasteiger partial charge < -0.3 is 4.18 Å². The summed E-state index contributed by atoms with van der Waals surface area (Å²) in [6.45, 7) is 3.45. The molecule has 0 aliphatic heterocycles. The van der Waals surface area contributed by atoms with Crippen LogP contribution >= 0.6 is 0 Å². The summed E-state index contributed by atoms with van der Waals surface area (Å²) in [5, 5.41) is 0.828. The molecule has 0 atom stereocenters. The number of aromatic nitrogens is 1. The summed E-state index contributed by atoms with van der Waals surface area (Å²) in [6, 6.07) is 8.56. The highest BCUT2D eigenvalue weighted by Crippen LogP contribution is 2.23. The van der Waals surface area contributed by atoms with Gasteiger partial charge in [0, 0.05) is 17.6 Å². The van der Waals surface area contributed by atoms with Crippen LogP contribution in [0.5, 0.6) is 5.75 Å². The van der Waals surface area contributed by atoms with Crippen molar-refractivity contribution >= 4 is 21.2 Å². The molecule has 0 unspecified atom stereocenters. The molecule has 0 aliphatic carbocycles. The van der Waals surface area contributed by atoms with Gasteiger partial charge in [-0.15, -0.1) is 0 Å². The number of pyridine rings is 1. The summed E-state index contributed by atoms with van der Waals surface area (Å²) in [7, 11) is -3.82. The van der Waals surface area contributed by atoms with Crippen LogP contribution < -0.4 is 8.91 Å². The highest BCUT2D eigenvalue weighted by molar-refractivity contribution is 7.85. The summed E-state index contributed by atoms with van der Waals surface area (Å²) >= 11 is 0. The number of benzene rings is 1. The minimum absolute atomic E-state index is 0.223. The molecular weight excluding hydrogens is 252 g/mol. The Labute approximate surface area is 106 Å². The molecule has 5 nitrogen and oxygen atoms in total. The third-order valence-electron chi connectivity index (χ3n) is 2.18. The third-order valence-corrected chi connectivity index (χ3v) is 3.33. The second kappa shape index (κ2) is 4.91. The molecule has 96 valence electrons. The predicted octanol–water partition coefficient (Wildman–Crippen LogP) is 1.86. The largest absolute Gasteiger partial charge is 0.382 e. The fourth-order valence-corrected chi connectivity index (χ4v) is 2.57. The van der Waals surface area contributed by atoms with E-state index in [0.29, 0.717) is 5.52 Å². The van der Waals surface area contributed by atoms with Gasteiger partial charge in [0.25, 0.3) is 0 Å². The maximum atomic E-state index is 11.7. The van der Waals surface area contributed by atoms with E-state index in [1.807, 2.05) is 12.1 Å². The van der Waals surface area contributed by atoms with Crippen LogP contribution in [0.3, 0.4) is 0 Å². The Morgan fingerprint density at radius 3 is 2.67 bits per heavy atom. The zero-order chi connectivity index (χ0) is 13.2. The fraction of sp³-hybridized carbons (Fsp3) is 0.250. The van der Waals surface area contributed by atoms with Crippen LogP contribution in [-0.2, 0) is 10.3 Å². The van der Waals surface area contributed by atoms with Gasteiger partial charge in [-0.2, -0.15) is 13.1 Å². The number of para-hydroxylation sites is 1. The average molecular weight is 266 g/mol. The van der Waals surface area contributed by atoms with Gasteiger partial charge in [0.05, 0.1) is 0 Å². The lowest BCUT2D eigenvalue weighted by molar-refractivity contribution is 0.465. The van der Waals surface area contributed by atoms with Crippen LogP contribution in [0.15, 0.2) is 36.5 Å². The van der Waals surface area contributed by atoms with Gasteiger partial charge in [-0.05, 0) is 26.0 Å². The lowest BCUT2D eigenvalue weighted by atomic mass is 10.2. The highest BCUT2D eigenvalue weighted by Gasteiger charge is 2.15. The van der Waals surface area contributed by atoms with E-state index >= 15 is 0 Å². The van der Waals surface area contributed by atoms with Gasteiger partial charge in [0.1, 0.15) is 5.52 Å². The molecule has 2 aromatic rings. The maximum Gasteiger partial charge on any atom is 0.382 e. The summed E-state index contributed by atoms with van der Waals surface area (Å²) in [5.41, 5.74) is 0.522. The van der Waals surface area contributed by atoms with Crippen molar-refractivity contribution in [2.45, 2.75) is 19.9 Å². The standard InChI is InChI=1S/C12H14N2O3S/c1-9(2)14-18(15,16)17-11-7-3-5-10-6-4-8-13-12(10)11/h3-9,14H,1-2H3. The average Bonchev–Trinajstić information content (AvgIpc) is 2.27. The van der Waals surface area contributed by atoms with Gasteiger partial charge in [0.2, 0.25) is 0 Å². The quantitative estimate of drug-likeness (QED) is 0.917. The molecule has 0 spiro atoms. The molecule has 1 aromatic carbocycles. The van der Waals surface area contributed by atoms with E-state index in [9.17, 15) is 8.42 Å². The molecule has 0 saturated carbocycles. The van der Waals surface area contributed by atoms with E-state index in [2.05, 4.69) is 9.71 Å². The van der Waals surface area contributed by atoms with Crippen molar-refractivity contribution in [3.63, 3.8) is 0 Å². The van der Waals surface area contributed by atoms with Gasteiger partial charge in [-0.1, -0.05) is 18.2 Å². The molecule has 2 rings (SSSR count). The number of rotatable bonds is 4. The zero-order valence-electron chi connectivity index (χ0n) is 10.1. The van der Waals surface area contributed by atoms with Gasteiger partial charge in [0.15, 0.2) is 5.75 Å². The molecule has 0 aliphatic rings. The van der Waals surface area contributed by atoms with Gasteiger partial charge >= 0.3 is 10.3 Å². The van der Waals surface area contributed by atoms with Crippen molar-refractivity contribution in [3.05, 3.63) is 36.5 Å². The lowest BCUT2D eigenvalue weighted by Crippen LogP contribution is -2.33. The molecule has 6 heteroatoms. The minimum atomic E-state index is -3.82. The van der Waals surface area contributed by atoms with Crippen LogP contribution in [0.25, 0.3) is 10.9 Å². The molecule has 1 heterocycles. The van der Waals surface area contributed by atoms with Crippen LogP contribution in [0, 0.1) is 0 Å². The molecule has 0 bridgehead atoms. The number of nitrogens with one attached hydrogen (secondary N) is 1. The van der Waals surface area contributed by atoms with Gasteiger partial charge in [-0.3, -0.25) is 4.98 Å². The number of fused-ring (bicyclic) bond motifs is 1. The summed E-state index contributed by atoms with van der Waals surface area (Å²) in [6.07, 6.45) is 1.59. The molecule has 1 aromatic heterocycles. The Morgan fingerprint density at radius 1 is 1.22 bits per heavy atom. The highest BCUT2D eigenvalue weighted by atomic mass is 32.2. The van der Waals surface area contributed by atoms with E-state index in [-0.39, 0.29) is 11.8 Å². The molecule has 0 saturated heterocycles. The monoisotopic (exact) mass is 266 g/mol. The Balaban J connectivity index is 2.38. The van der Waals surface area contributed by atoms with Crippen LogP contribution in [0.4, 0.5) is 0 Å². The van der Waals surface area contributed by atoms with E-state index in [4.69, 9.17) is 4.18 Å². The first-order valence-corrected chi connectivity index (χ1v) is 6.94. The van der Waals surface area contributed by atoms with Crippen molar-refractivity contribution in [2.75, 3.05) is 0 Å². The number of nitrogens with zero attached hydrogens (tertiary/aromatic N) is 1. The van der Waals surface area contributed by atoms with Crippen molar-refractivity contribution in [1.29, 1.82) is 0 Å². The molecule has 18 heavy (non-hydrogen) atoms. The normalized spacial score (nSPS) is 11.9. The number of hydrogen-bond donors (Lipinski definition) is 1. The third kappa shape index (κ3) is 2.96. The smallest absolute Gasteiger partial charge is 0.369 e. The Bertz CT molecular complexity index is 648. The van der Waals surface area contributed by atoms with Crippen molar-refractivity contribution in [1.82, 2.24) is 9.71 Å². The van der Waals surface area contributed by atoms with Crippen molar-refractivity contribution < 1.29 is 12.6 Å². The molecule has 1 N–H and O–H groups in total. The second-order valence-corrected chi connectivity index (χ2v) is 5.45. The molecule has 0 amide bonds. The minimum Gasteiger partial charge on any atom is -0.369 e. The fourth-order valence-electron chi connectivity index (χ4n) is 1.57. The Hall–Kier alpha value is -1.66. The topological polar surface area (TPSA) is 68.3 Å². The summed E-state index contributed by atoms with van der Waals surface area (Å²) < 4.78 is 30.8. The van der Waals surface area contributed by atoms with Crippen molar-refractivity contribution in [2.24, 2.45) is 0 Å². The van der Waals surface area contributed by atoms with Crippen LogP contribution in [-0.4, -0.2) is 19.4 Å². The summed E-state index contributed by atoms with van der Waals surface area (Å²) in [5.74, 6) is 0.223. The van der Waals surface area contributed by atoms with Crippen LogP contribution in [0.1, 0.15) is 13.8 Å². The van der Waals surface area contributed by atoms with E-state index < -0.39 is 10.3 Å².